The van der Waals surface area contributed by atoms with Crippen molar-refractivity contribution >= 4 is 114 Å². The van der Waals surface area contributed by atoms with Crippen LogP contribution in [0.3, 0.4) is 0 Å². The van der Waals surface area contributed by atoms with Gasteiger partial charge in [0, 0.05) is 11.5 Å². The third-order valence-electron chi connectivity index (χ3n) is 11.5. The molecular weight excluding hydrogens is 1130 g/mol. The number of carboxylic acid groups (broad SMARTS) is 1. The molecule has 0 fully saturated rings. The number of hydrogen-bond donors (Lipinski definition) is 7. The standard InChI is InChI=1S/C49H44N10O17S4/c1-25-16-39(55-58-42-19-29(5)41(24-44(42)76-13-6-14-77(64,65)66)56-52-36-11-9-33(78(67,68)69)23-45(36)79(70,71)72)26(2)15-37(25)53-54-38-17-28(4)40(18-27(38)3)57-59-47-46(80(73,74)75)21-30-20-31(7-10-34(30)48(47)61)50-51-32-8-12-43(60)35(22-32)49(62)63/h7-12,15-24,60-61H,6,13-14H2,1-5H3,(H,62,63)(H,64,65,66)(H,67,68,69)(H,70,71,72)(H,73,74,75). The van der Waals surface area contributed by atoms with Crippen LogP contribution in [0.2, 0.25) is 0 Å². The molecule has 0 heterocycles. The van der Waals surface area contributed by atoms with E-state index in [2.05, 4.69) is 51.1 Å². The highest BCUT2D eigenvalue weighted by Gasteiger charge is 2.24. The van der Waals surface area contributed by atoms with Gasteiger partial charge in [0.15, 0.2) is 5.75 Å². The number of rotatable bonds is 19. The second-order valence-corrected chi connectivity index (χ2v) is 23.3. The number of phenols is 2. The predicted molar refractivity (Wildman–Crippen MR) is 287 cm³/mol. The van der Waals surface area contributed by atoms with Gasteiger partial charge in [-0.15, -0.1) is 15.3 Å². The molecule has 416 valence electrons. The van der Waals surface area contributed by atoms with Gasteiger partial charge in [0.25, 0.3) is 40.5 Å². The lowest BCUT2D eigenvalue weighted by atomic mass is 10.1. The van der Waals surface area contributed by atoms with Crippen molar-refractivity contribution in [2.24, 2.45) is 51.1 Å². The van der Waals surface area contributed by atoms with Crippen LogP contribution >= 0.6 is 0 Å². The monoisotopic (exact) mass is 1170 g/mol. The van der Waals surface area contributed by atoms with Crippen LogP contribution in [0.1, 0.15) is 44.6 Å². The number of fused-ring (bicyclic) bond motifs is 1. The first-order valence-corrected chi connectivity index (χ1v) is 28.8. The first-order chi connectivity index (χ1) is 37.4. The molecule has 31 heteroatoms. The Labute approximate surface area is 455 Å². The molecular formula is C49H44N10O17S4. The van der Waals surface area contributed by atoms with E-state index >= 15 is 0 Å². The van der Waals surface area contributed by atoms with E-state index in [0.717, 1.165) is 30.3 Å². The molecule has 7 N–H and O–H groups in total. The van der Waals surface area contributed by atoms with Gasteiger partial charge in [-0.05, 0) is 165 Å². The van der Waals surface area contributed by atoms with Crippen LogP contribution in [0, 0.1) is 34.6 Å². The van der Waals surface area contributed by atoms with Crippen LogP contribution in [0.15, 0.2) is 163 Å². The number of nitrogens with zero attached hydrogens (tertiary/aromatic N) is 10. The summed E-state index contributed by atoms with van der Waals surface area (Å²) in [6.45, 7) is 8.21. The summed E-state index contributed by atoms with van der Waals surface area (Å²) in [5, 5.41) is 72.4. The van der Waals surface area contributed by atoms with Gasteiger partial charge >= 0.3 is 5.97 Å². The zero-order valence-electron chi connectivity index (χ0n) is 42.2. The molecule has 27 nitrogen and oxygen atoms in total. The average molecular weight is 1170 g/mol. The van der Waals surface area contributed by atoms with Gasteiger partial charge in [-0.1, -0.05) is 0 Å². The SMILES string of the molecule is Cc1cc(N=Nc2cc(C)c(N=Nc3ccc(S(=O)(=O)O)cc3S(=O)(=O)O)cc2OCCCS(=O)(=O)O)c(C)cc1N=Nc1cc(C)c(N=Nc2c(S(=O)(=O)O)cc3cc(N=Nc4ccc(O)c(C(=O)O)c4)ccc3c2O)cc1C. The third-order valence-corrected chi connectivity index (χ3v) is 14.9. The van der Waals surface area contributed by atoms with E-state index < -0.39 is 95.3 Å². The fourth-order valence-corrected chi connectivity index (χ4v) is 9.70. The number of hydrogen-bond acceptors (Lipinski definition) is 22. The van der Waals surface area contributed by atoms with Crippen LogP contribution < -0.4 is 4.74 Å². The summed E-state index contributed by atoms with van der Waals surface area (Å²) >= 11 is 0. The number of aryl methyl sites for hydroxylation is 5. The molecule has 0 saturated carbocycles. The molecule has 0 amide bonds. The van der Waals surface area contributed by atoms with Crippen molar-refractivity contribution in [3.05, 3.63) is 130 Å². The van der Waals surface area contributed by atoms with Crippen molar-refractivity contribution in [3.63, 3.8) is 0 Å². The number of ether oxygens (including phenoxy) is 1. The van der Waals surface area contributed by atoms with Gasteiger partial charge in [0.1, 0.15) is 43.9 Å². The maximum atomic E-state index is 12.6. The van der Waals surface area contributed by atoms with Crippen molar-refractivity contribution < 1.29 is 76.7 Å². The van der Waals surface area contributed by atoms with Gasteiger partial charge in [-0.2, -0.15) is 69.5 Å². The second-order valence-electron chi connectivity index (χ2n) is 17.5. The Bertz CT molecular complexity index is 4320. The van der Waals surface area contributed by atoms with E-state index in [1.54, 1.807) is 58.9 Å². The van der Waals surface area contributed by atoms with Crippen LogP contribution in [-0.4, -0.2) is 85.5 Å². The summed E-state index contributed by atoms with van der Waals surface area (Å²) in [5.41, 5.74) is 3.16. The Morgan fingerprint density at radius 1 is 0.475 bits per heavy atom. The lowest BCUT2D eigenvalue weighted by Crippen LogP contribution is -2.08. The minimum Gasteiger partial charge on any atom is -0.507 e. The number of azo groups is 5. The molecule has 7 rings (SSSR count). The lowest BCUT2D eigenvalue weighted by Gasteiger charge is -2.11. The topological polar surface area (TPSA) is 428 Å². The molecule has 0 radical (unpaired) electrons. The Hall–Kier alpha value is -8.69. The van der Waals surface area contributed by atoms with Crippen molar-refractivity contribution in [1.29, 1.82) is 0 Å². The minimum atomic E-state index is -5.07. The zero-order chi connectivity index (χ0) is 58.6. The molecule has 7 aromatic rings. The fraction of sp³-hybridized carbons (Fsp3) is 0.163. The van der Waals surface area contributed by atoms with Gasteiger partial charge in [-0.3, -0.25) is 18.2 Å². The Kier molecular flexibility index (Phi) is 17.2. The number of phenolic OH excluding ortho intramolecular Hbond substituents is 1. The Morgan fingerprint density at radius 3 is 1.44 bits per heavy atom. The number of aromatic carboxylic acids is 1. The molecule has 0 unspecified atom stereocenters. The minimum absolute atomic E-state index is 0.000940. The highest BCUT2D eigenvalue weighted by Crippen LogP contribution is 2.44. The largest absolute Gasteiger partial charge is 0.507 e. The van der Waals surface area contributed by atoms with E-state index in [1.807, 2.05) is 0 Å². The van der Waals surface area contributed by atoms with Gasteiger partial charge in [0.2, 0.25) is 0 Å². The molecule has 0 aliphatic carbocycles. The van der Waals surface area contributed by atoms with Crippen molar-refractivity contribution in [2.75, 3.05) is 12.4 Å². The van der Waals surface area contributed by atoms with E-state index in [0.29, 0.717) is 50.9 Å². The van der Waals surface area contributed by atoms with E-state index in [-0.39, 0.29) is 58.0 Å². The Morgan fingerprint density at radius 2 is 0.938 bits per heavy atom. The summed E-state index contributed by atoms with van der Waals surface area (Å²) in [6, 6.07) is 20.5. The number of benzene rings is 7. The predicted octanol–water partition coefficient (Wildman–Crippen LogP) is 13.0. The average Bonchev–Trinajstić information content (AvgIpc) is 3.38. The smallest absolute Gasteiger partial charge is 0.339 e. The van der Waals surface area contributed by atoms with Crippen molar-refractivity contribution in [3.8, 4) is 17.2 Å². The van der Waals surface area contributed by atoms with Crippen LogP contribution in [0.25, 0.3) is 10.8 Å². The first kappa shape index (κ1) is 59.0. The Balaban J connectivity index is 1.12. The number of carbonyl (C=O) groups is 1. The summed E-state index contributed by atoms with van der Waals surface area (Å²) < 4.78 is 140. The van der Waals surface area contributed by atoms with Crippen LogP contribution in [0.4, 0.5) is 56.9 Å². The summed E-state index contributed by atoms with van der Waals surface area (Å²) in [6.07, 6.45) is -0.147. The maximum absolute atomic E-state index is 12.6. The highest BCUT2D eigenvalue weighted by molar-refractivity contribution is 7.87. The summed E-state index contributed by atoms with van der Waals surface area (Å²) in [7, 11) is -19.3. The van der Waals surface area contributed by atoms with Crippen LogP contribution in [-0.2, 0) is 40.5 Å². The number of carboxylic acids is 1. The molecule has 0 aliphatic rings. The molecule has 0 aromatic heterocycles. The molecule has 0 saturated heterocycles. The van der Waals surface area contributed by atoms with E-state index in [4.69, 9.17) is 4.74 Å². The van der Waals surface area contributed by atoms with Gasteiger partial charge < -0.3 is 20.1 Å². The second kappa shape index (κ2) is 23.3. The molecule has 0 bridgehead atoms. The molecule has 0 atom stereocenters. The fourth-order valence-electron chi connectivity index (χ4n) is 7.33. The normalized spacial score (nSPS) is 12.8. The van der Waals surface area contributed by atoms with E-state index in [1.165, 1.54) is 36.4 Å². The lowest BCUT2D eigenvalue weighted by molar-refractivity contribution is 0.0693. The van der Waals surface area contributed by atoms with E-state index in [9.17, 15) is 72.0 Å². The van der Waals surface area contributed by atoms with Crippen LogP contribution in [0.5, 0.6) is 17.2 Å². The molecule has 80 heavy (non-hydrogen) atoms. The molecule has 7 aromatic carbocycles. The quantitative estimate of drug-likeness (QED) is 0.0225. The molecule has 0 spiro atoms. The number of aromatic hydroxyl groups is 2. The molecule has 0 aliphatic heterocycles. The highest BCUT2D eigenvalue weighted by atomic mass is 32.2. The third kappa shape index (κ3) is 14.5. The van der Waals surface area contributed by atoms with Gasteiger partial charge in [-0.25, -0.2) is 4.79 Å². The van der Waals surface area contributed by atoms with Crippen molar-refractivity contribution in [1.82, 2.24) is 0 Å². The summed E-state index contributed by atoms with van der Waals surface area (Å²) in [5.74, 6) is -3.12. The van der Waals surface area contributed by atoms with Crippen molar-refractivity contribution in [2.45, 2.75) is 55.7 Å². The van der Waals surface area contributed by atoms with Gasteiger partial charge in [0.05, 0.1) is 57.1 Å². The summed E-state index contributed by atoms with van der Waals surface area (Å²) in [4.78, 5) is 8.83. The maximum Gasteiger partial charge on any atom is 0.339 e. The zero-order valence-corrected chi connectivity index (χ0v) is 45.4. The first-order valence-electron chi connectivity index (χ1n) is 22.8.